The van der Waals surface area contributed by atoms with E-state index in [2.05, 4.69) is 5.10 Å². The first-order valence-electron chi connectivity index (χ1n) is 5.89. The number of aliphatic hydroxyl groups excluding tert-OH is 1. The van der Waals surface area contributed by atoms with Gasteiger partial charge in [0.15, 0.2) is 5.69 Å². The predicted molar refractivity (Wildman–Crippen MR) is 72.0 cm³/mol. The number of amides is 1. The molecule has 1 heterocycles. The first-order valence-corrected chi connectivity index (χ1v) is 5.89. The molecule has 19 heavy (non-hydrogen) atoms. The van der Waals surface area contributed by atoms with Crippen molar-refractivity contribution in [3.8, 4) is 5.69 Å². The number of benzene rings is 1. The van der Waals surface area contributed by atoms with Crippen LogP contribution >= 0.6 is 0 Å². The van der Waals surface area contributed by atoms with Crippen molar-refractivity contribution in [2.75, 3.05) is 25.9 Å². The molecule has 1 amide bonds. The van der Waals surface area contributed by atoms with Crippen LogP contribution in [-0.2, 0) is 0 Å². The van der Waals surface area contributed by atoms with E-state index >= 15 is 0 Å². The lowest BCUT2D eigenvalue weighted by Crippen LogP contribution is -2.29. The number of likely N-dealkylation sites (N-methyl/N-ethyl adjacent to an activating group) is 1. The Labute approximate surface area is 111 Å². The van der Waals surface area contributed by atoms with Gasteiger partial charge in [-0.05, 0) is 30.3 Å². The molecule has 100 valence electrons. The summed E-state index contributed by atoms with van der Waals surface area (Å²) in [4.78, 5) is 13.4. The summed E-state index contributed by atoms with van der Waals surface area (Å²) in [5, 5.41) is 13.0. The molecule has 0 fully saturated rings. The topological polar surface area (TPSA) is 84.4 Å². The zero-order valence-electron chi connectivity index (χ0n) is 10.7. The molecule has 3 N–H and O–H groups in total. The molecular weight excluding hydrogens is 244 g/mol. The molecule has 0 saturated carbocycles. The van der Waals surface area contributed by atoms with Gasteiger partial charge in [0.1, 0.15) is 0 Å². The average Bonchev–Trinajstić information content (AvgIpc) is 2.88. The second-order valence-corrected chi connectivity index (χ2v) is 4.19. The molecule has 0 aliphatic carbocycles. The molecule has 6 heteroatoms. The maximum absolute atomic E-state index is 12.0. The van der Waals surface area contributed by atoms with E-state index in [1.165, 1.54) is 4.90 Å². The van der Waals surface area contributed by atoms with E-state index in [9.17, 15) is 4.79 Å². The number of nitrogens with zero attached hydrogens (tertiary/aromatic N) is 3. The van der Waals surface area contributed by atoms with Gasteiger partial charge in [0.05, 0.1) is 12.3 Å². The highest BCUT2D eigenvalue weighted by atomic mass is 16.3. The van der Waals surface area contributed by atoms with E-state index in [0.29, 0.717) is 11.4 Å². The first-order chi connectivity index (χ1) is 9.11. The van der Waals surface area contributed by atoms with Crippen molar-refractivity contribution in [2.24, 2.45) is 0 Å². The number of hydrogen-bond donors (Lipinski definition) is 2. The molecular formula is C13H16N4O2. The summed E-state index contributed by atoms with van der Waals surface area (Å²) in [6, 6.07) is 8.85. The zero-order chi connectivity index (χ0) is 13.8. The minimum absolute atomic E-state index is 0.0685. The Balaban J connectivity index is 2.19. The van der Waals surface area contributed by atoms with Crippen molar-refractivity contribution in [3.05, 3.63) is 42.2 Å². The summed E-state index contributed by atoms with van der Waals surface area (Å²) < 4.78 is 1.61. The number of hydrogen-bond acceptors (Lipinski definition) is 4. The summed E-state index contributed by atoms with van der Waals surface area (Å²) in [6.07, 6.45) is 1.71. The molecule has 1 aromatic carbocycles. The number of anilines is 1. The largest absolute Gasteiger partial charge is 0.399 e. The Morgan fingerprint density at radius 3 is 2.68 bits per heavy atom. The maximum atomic E-state index is 12.0. The third-order valence-electron chi connectivity index (χ3n) is 2.75. The zero-order valence-corrected chi connectivity index (χ0v) is 10.7. The number of aliphatic hydroxyl groups is 1. The normalized spacial score (nSPS) is 10.4. The minimum atomic E-state index is -0.219. The van der Waals surface area contributed by atoms with Gasteiger partial charge in [-0.15, -0.1) is 0 Å². The van der Waals surface area contributed by atoms with E-state index in [0.717, 1.165) is 5.69 Å². The van der Waals surface area contributed by atoms with Crippen LogP contribution in [0, 0.1) is 0 Å². The third kappa shape index (κ3) is 2.92. The molecule has 0 aliphatic rings. The Morgan fingerprint density at radius 2 is 2.05 bits per heavy atom. The number of rotatable bonds is 4. The van der Waals surface area contributed by atoms with E-state index in [4.69, 9.17) is 10.8 Å². The van der Waals surface area contributed by atoms with E-state index in [1.807, 2.05) is 12.1 Å². The summed E-state index contributed by atoms with van der Waals surface area (Å²) in [6.45, 7) is 0.217. The smallest absolute Gasteiger partial charge is 0.274 e. The van der Waals surface area contributed by atoms with Gasteiger partial charge in [-0.3, -0.25) is 4.79 Å². The van der Waals surface area contributed by atoms with Gasteiger partial charge in [-0.1, -0.05) is 0 Å². The predicted octanol–water partition coefficient (Wildman–Crippen LogP) is 0.519. The van der Waals surface area contributed by atoms with Gasteiger partial charge in [0.2, 0.25) is 0 Å². The van der Waals surface area contributed by atoms with Crippen molar-refractivity contribution < 1.29 is 9.90 Å². The Hall–Kier alpha value is -2.34. The number of aromatic nitrogens is 2. The van der Waals surface area contributed by atoms with Gasteiger partial charge in [-0.2, -0.15) is 5.10 Å². The Bertz CT molecular complexity index is 562. The van der Waals surface area contributed by atoms with Crippen molar-refractivity contribution in [3.63, 3.8) is 0 Å². The SMILES string of the molecule is CN(CCO)C(=O)c1ccn(-c2ccc(N)cc2)n1. The van der Waals surface area contributed by atoms with Crippen LogP contribution in [0.15, 0.2) is 36.5 Å². The van der Waals surface area contributed by atoms with Crippen LogP contribution in [0.5, 0.6) is 0 Å². The van der Waals surface area contributed by atoms with Gasteiger partial charge in [-0.25, -0.2) is 4.68 Å². The van der Waals surface area contributed by atoms with Gasteiger partial charge >= 0.3 is 0 Å². The van der Waals surface area contributed by atoms with Crippen LogP contribution in [0.2, 0.25) is 0 Å². The second kappa shape index (κ2) is 5.53. The quantitative estimate of drug-likeness (QED) is 0.785. The monoisotopic (exact) mass is 260 g/mol. The molecule has 0 saturated heterocycles. The van der Waals surface area contributed by atoms with Crippen molar-refractivity contribution in [1.29, 1.82) is 0 Å². The summed E-state index contributed by atoms with van der Waals surface area (Å²) in [7, 11) is 1.63. The summed E-state index contributed by atoms with van der Waals surface area (Å²) in [5.41, 5.74) is 7.47. The second-order valence-electron chi connectivity index (χ2n) is 4.19. The highest BCUT2D eigenvalue weighted by molar-refractivity contribution is 5.92. The summed E-state index contributed by atoms with van der Waals surface area (Å²) in [5.74, 6) is -0.219. The number of nitrogens with two attached hydrogens (primary N) is 1. The Kier molecular flexibility index (Phi) is 3.82. The highest BCUT2D eigenvalue weighted by Gasteiger charge is 2.14. The molecule has 0 bridgehead atoms. The van der Waals surface area contributed by atoms with Crippen molar-refractivity contribution in [2.45, 2.75) is 0 Å². The molecule has 0 spiro atoms. The van der Waals surface area contributed by atoms with E-state index in [1.54, 1.807) is 36.1 Å². The van der Waals surface area contributed by atoms with Crippen molar-refractivity contribution in [1.82, 2.24) is 14.7 Å². The highest BCUT2D eigenvalue weighted by Crippen LogP contribution is 2.11. The third-order valence-corrected chi connectivity index (χ3v) is 2.75. The van der Waals surface area contributed by atoms with Crippen LogP contribution in [-0.4, -0.2) is 45.9 Å². The number of carbonyl (C=O) groups excluding carboxylic acids is 1. The summed E-state index contributed by atoms with van der Waals surface area (Å²) >= 11 is 0. The molecule has 1 aromatic heterocycles. The van der Waals surface area contributed by atoms with E-state index < -0.39 is 0 Å². The van der Waals surface area contributed by atoms with Crippen LogP contribution in [0.4, 0.5) is 5.69 Å². The molecule has 0 radical (unpaired) electrons. The van der Waals surface area contributed by atoms with Crippen LogP contribution < -0.4 is 5.73 Å². The van der Waals surface area contributed by atoms with E-state index in [-0.39, 0.29) is 19.1 Å². The van der Waals surface area contributed by atoms with Gasteiger partial charge < -0.3 is 15.7 Å². The van der Waals surface area contributed by atoms with Crippen LogP contribution in [0.1, 0.15) is 10.5 Å². The lowest BCUT2D eigenvalue weighted by molar-refractivity contribution is 0.0760. The number of carbonyl (C=O) groups is 1. The molecule has 6 nitrogen and oxygen atoms in total. The molecule has 2 aromatic rings. The fourth-order valence-corrected chi connectivity index (χ4v) is 1.66. The molecule has 0 atom stereocenters. The molecule has 0 unspecified atom stereocenters. The lowest BCUT2D eigenvalue weighted by Gasteiger charge is -2.13. The molecule has 2 rings (SSSR count). The molecule has 0 aliphatic heterocycles. The number of nitrogen functional groups attached to an aromatic ring is 1. The van der Waals surface area contributed by atoms with Crippen molar-refractivity contribution >= 4 is 11.6 Å². The average molecular weight is 260 g/mol. The first kappa shape index (κ1) is 13.1. The van der Waals surface area contributed by atoms with Crippen LogP contribution in [0.3, 0.4) is 0 Å². The maximum Gasteiger partial charge on any atom is 0.274 e. The van der Waals surface area contributed by atoms with Crippen LogP contribution in [0.25, 0.3) is 5.69 Å². The fourth-order valence-electron chi connectivity index (χ4n) is 1.66. The van der Waals surface area contributed by atoms with Gasteiger partial charge in [0.25, 0.3) is 5.91 Å². The fraction of sp³-hybridized carbons (Fsp3) is 0.231. The minimum Gasteiger partial charge on any atom is -0.399 e. The van der Waals surface area contributed by atoms with Gasteiger partial charge in [0, 0.05) is 25.5 Å². The Morgan fingerprint density at radius 1 is 1.37 bits per heavy atom. The lowest BCUT2D eigenvalue weighted by atomic mass is 10.3. The standard InChI is InChI=1S/C13H16N4O2/c1-16(8-9-18)13(19)12-6-7-17(15-12)11-4-2-10(14)3-5-11/h2-7,18H,8-9,14H2,1H3.